The van der Waals surface area contributed by atoms with Crippen molar-refractivity contribution in [2.45, 2.75) is 25.6 Å². The van der Waals surface area contributed by atoms with E-state index in [0.29, 0.717) is 19.0 Å². The highest BCUT2D eigenvalue weighted by Gasteiger charge is 2.28. The Morgan fingerprint density at radius 3 is 2.52 bits per heavy atom. The Labute approximate surface area is 168 Å². The summed E-state index contributed by atoms with van der Waals surface area (Å²) < 4.78 is 41.7. The molecule has 0 aliphatic rings. The van der Waals surface area contributed by atoms with Gasteiger partial charge < -0.3 is 20.5 Å². The molecule has 0 aliphatic heterocycles. The molecule has 0 bridgehead atoms. The van der Waals surface area contributed by atoms with Gasteiger partial charge in [-0.15, -0.1) is 0 Å². The number of nitrogens with one attached hydrogen (secondary N) is 2. The van der Waals surface area contributed by atoms with Gasteiger partial charge in [0.05, 0.1) is 13.2 Å². The van der Waals surface area contributed by atoms with Crippen molar-refractivity contribution in [3.63, 3.8) is 0 Å². The number of aliphatic hydroxyl groups excluding tert-OH is 1. The van der Waals surface area contributed by atoms with Gasteiger partial charge in [0, 0.05) is 19.0 Å². The van der Waals surface area contributed by atoms with Crippen molar-refractivity contribution < 1.29 is 23.0 Å². The summed E-state index contributed by atoms with van der Waals surface area (Å²) in [5.74, 6) is 0.625. The van der Waals surface area contributed by atoms with Gasteiger partial charge in [-0.2, -0.15) is 13.2 Å². The van der Waals surface area contributed by atoms with E-state index in [4.69, 9.17) is 4.74 Å². The topological polar surface area (TPSA) is 65.9 Å². The molecule has 8 heteroatoms. The van der Waals surface area contributed by atoms with Gasteiger partial charge in [0.1, 0.15) is 5.75 Å². The molecule has 0 aromatic heterocycles. The molecule has 0 spiro atoms. The normalized spacial score (nSPS) is 13.1. The Kier molecular flexibility index (Phi) is 8.79. The maximum Gasteiger partial charge on any atom is 0.422 e. The van der Waals surface area contributed by atoms with Crippen LogP contribution in [0.2, 0.25) is 0 Å². The van der Waals surface area contributed by atoms with Gasteiger partial charge in [0.15, 0.2) is 12.6 Å². The van der Waals surface area contributed by atoms with E-state index in [1.54, 1.807) is 18.2 Å². The van der Waals surface area contributed by atoms with Crippen molar-refractivity contribution in [2.24, 2.45) is 4.99 Å². The average Bonchev–Trinajstić information content (AvgIpc) is 2.71. The van der Waals surface area contributed by atoms with Crippen LogP contribution in [0.5, 0.6) is 5.75 Å². The molecular weight excluding hydrogens is 383 g/mol. The van der Waals surface area contributed by atoms with Crippen molar-refractivity contribution in [3.8, 4) is 5.75 Å². The molecule has 5 nitrogen and oxygen atoms in total. The van der Waals surface area contributed by atoms with E-state index in [1.165, 1.54) is 6.07 Å². The fraction of sp³-hybridized carbons (Fsp3) is 0.381. The van der Waals surface area contributed by atoms with Gasteiger partial charge in [-0.1, -0.05) is 42.5 Å². The number of hydrogen-bond donors (Lipinski definition) is 3. The monoisotopic (exact) mass is 409 g/mol. The lowest BCUT2D eigenvalue weighted by Gasteiger charge is -2.18. The van der Waals surface area contributed by atoms with Crippen LogP contribution >= 0.6 is 0 Å². The molecule has 158 valence electrons. The number of ether oxygens (including phenoxy) is 1. The number of guanidine groups is 1. The first-order chi connectivity index (χ1) is 13.9. The van der Waals surface area contributed by atoms with Gasteiger partial charge in [0.25, 0.3) is 0 Å². The molecule has 1 atom stereocenters. The summed E-state index contributed by atoms with van der Waals surface area (Å²) in [5.41, 5.74) is 1.75. The third-order valence-electron chi connectivity index (χ3n) is 4.07. The van der Waals surface area contributed by atoms with Crippen molar-refractivity contribution in [2.75, 3.05) is 26.3 Å². The van der Waals surface area contributed by atoms with Crippen LogP contribution < -0.4 is 15.4 Å². The molecule has 0 saturated carbocycles. The van der Waals surface area contributed by atoms with Crippen molar-refractivity contribution in [1.29, 1.82) is 0 Å². The van der Waals surface area contributed by atoms with Crippen LogP contribution in [-0.4, -0.2) is 43.5 Å². The predicted octanol–water partition coefficient (Wildman–Crippen LogP) is 3.46. The van der Waals surface area contributed by atoms with E-state index < -0.39 is 12.8 Å². The highest BCUT2D eigenvalue weighted by Crippen LogP contribution is 2.19. The second-order valence-corrected chi connectivity index (χ2v) is 6.42. The number of aliphatic hydroxyl groups is 1. The standard InChI is InChI=1S/C21H26F3N3O2/c1-2-25-20(27-13-18(14-28)17-8-4-3-5-9-17)26-12-16-7-6-10-19(11-16)29-15-21(22,23)24/h3-11,18,28H,2,12-15H2,1H3,(H2,25,26,27). The van der Waals surface area contributed by atoms with Gasteiger partial charge in [-0.25, -0.2) is 4.99 Å². The Morgan fingerprint density at radius 1 is 1.10 bits per heavy atom. The molecule has 29 heavy (non-hydrogen) atoms. The lowest BCUT2D eigenvalue weighted by Crippen LogP contribution is -2.39. The third kappa shape index (κ3) is 8.43. The smallest absolute Gasteiger partial charge is 0.422 e. The molecule has 3 N–H and O–H groups in total. The van der Waals surface area contributed by atoms with Crippen molar-refractivity contribution in [3.05, 3.63) is 65.7 Å². The summed E-state index contributed by atoms with van der Waals surface area (Å²) in [4.78, 5) is 4.47. The minimum absolute atomic E-state index is 0.00495. The molecule has 1 unspecified atom stereocenters. The minimum atomic E-state index is -4.38. The minimum Gasteiger partial charge on any atom is -0.484 e. The summed E-state index contributed by atoms with van der Waals surface area (Å²) in [6, 6.07) is 16.1. The number of aliphatic imine (C=N–C) groups is 1. The predicted molar refractivity (Wildman–Crippen MR) is 107 cm³/mol. The number of hydrogen-bond acceptors (Lipinski definition) is 3. The number of alkyl halides is 3. The van der Waals surface area contributed by atoms with Crippen LogP contribution in [0.15, 0.2) is 59.6 Å². The summed E-state index contributed by atoms with van der Waals surface area (Å²) in [6.45, 7) is 2.01. The van der Waals surface area contributed by atoms with Crippen molar-refractivity contribution in [1.82, 2.24) is 10.6 Å². The van der Waals surface area contributed by atoms with E-state index in [9.17, 15) is 18.3 Å². The van der Waals surface area contributed by atoms with E-state index in [2.05, 4.69) is 15.6 Å². The van der Waals surface area contributed by atoms with E-state index >= 15 is 0 Å². The first kappa shape index (κ1) is 22.5. The number of nitrogens with zero attached hydrogens (tertiary/aromatic N) is 1. The first-order valence-electron chi connectivity index (χ1n) is 9.37. The van der Waals surface area contributed by atoms with Crippen LogP contribution in [0.4, 0.5) is 13.2 Å². The molecule has 0 aliphatic carbocycles. The molecule has 0 amide bonds. The Balaban J connectivity index is 1.98. The number of rotatable bonds is 9. The highest BCUT2D eigenvalue weighted by atomic mass is 19.4. The fourth-order valence-electron chi connectivity index (χ4n) is 2.64. The molecule has 0 saturated heterocycles. The number of halogens is 3. The average molecular weight is 409 g/mol. The molecule has 2 rings (SSSR count). The van der Waals surface area contributed by atoms with Gasteiger partial charge in [-0.3, -0.25) is 0 Å². The van der Waals surface area contributed by atoms with E-state index in [0.717, 1.165) is 11.1 Å². The fourth-order valence-corrected chi connectivity index (χ4v) is 2.64. The maximum absolute atomic E-state index is 12.3. The zero-order valence-corrected chi connectivity index (χ0v) is 16.2. The lowest BCUT2D eigenvalue weighted by atomic mass is 10.0. The zero-order chi connectivity index (χ0) is 21.1. The quantitative estimate of drug-likeness (QED) is 0.438. The maximum atomic E-state index is 12.3. The van der Waals surface area contributed by atoms with Crippen molar-refractivity contribution >= 4 is 5.96 Å². The van der Waals surface area contributed by atoms with E-state index in [-0.39, 0.29) is 24.8 Å². The SMILES string of the molecule is CCNC(=NCc1cccc(OCC(F)(F)F)c1)NCC(CO)c1ccccc1. The molecule has 2 aromatic rings. The second kappa shape index (κ2) is 11.3. The van der Waals surface area contributed by atoms with Crippen LogP contribution in [0.1, 0.15) is 24.0 Å². The largest absolute Gasteiger partial charge is 0.484 e. The third-order valence-corrected chi connectivity index (χ3v) is 4.07. The highest BCUT2D eigenvalue weighted by molar-refractivity contribution is 5.79. The van der Waals surface area contributed by atoms with Gasteiger partial charge >= 0.3 is 6.18 Å². The first-order valence-corrected chi connectivity index (χ1v) is 9.37. The summed E-state index contributed by atoms with van der Waals surface area (Å²) in [5, 5.41) is 16.0. The summed E-state index contributed by atoms with van der Waals surface area (Å²) in [6.07, 6.45) is -4.38. The van der Waals surface area contributed by atoms with Crippen LogP contribution in [0.25, 0.3) is 0 Å². The van der Waals surface area contributed by atoms with E-state index in [1.807, 2.05) is 37.3 Å². The Morgan fingerprint density at radius 2 is 1.86 bits per heavy atom. The lowest BCUT2D eigenvalue weighted by molar-refractivity contribution is -0.153. The number of benzene rings is 2. The molecule has 0 heterocycles. The van der Waals surface area contributed by atoms with Gasteiger partial charge in [-0.05, 0) is 30.2 Å². The Bertz CT molecular complexity index is 767. The van der Waals surface area contributed by atoms with Crippen LogP contribution in [-0.2, 0) is 6.54 Å². The summed E-state index contributed by atoms with van der Waals surface area (Å²) >= 11 is 0. The Hall–Kier alpha value is -2.74. The molecular formula is C21H26F3N3O2. The van der Waals surface area contributed by atoms with Crippen LogP contribution in [0.3, 0.4) is 0 Å². The molecule has 0 radical (unpaired) electrons. The second-order valence-electron chi connectivity index (χ2n) is 6.42. The zero-order valence-electron chi connectivity index (χ0n) is 16.2. The summed E-state index contributed by atoms with van der Waals surface area (Å²) in [7, 11) is 0. The van der Waals surface area contributed by atoms with Crippen LogP contribution in [0, 0.1) is 0 Å². The molecule has 0 fully saturated rings. The molecule has 2 aromatic carbocycles. The van der Waals surface area contributed by atoms with Gasteiger partial charge in [0.2, 0.25) is 0 Å².